The summed E-state index contributed by atoms with van der Waals surface area (Å²) in [5.74, 6) is -2.13. The molecular formula is C20H22N2O6. The number of hydrogen-bond acceptors (Lipinski definition) is 6. The number of amides is 3. The van der Waals surface area contributed by atoms with Gasteiger partial charge in [0.15, 0.2) is 6.61 Å². The van der Waals surface area contributed by atoms with Crippen LogP contribution < -0.4 is 10.1 Å². The van der Waals surface area contributed by atoms with Gasteiger partial charge in [-0.3, -0.25) is 24.1 Å². The fourth-order valence-corrected chi connectivity index (χ4v) is 3.34. The highest BCUT2D eigenvalue weighted by Crippen LogP contribution is 2.34. The molecule has 2 atom stereocenters. The summed E-state index contributed by atoms with van der Waals surface area (Å²) in [6, 6.07) is 6.76. The lowest BCUT2D eigenvalue weighted by Gasteiger charge is -2.14. The molecule has 0 spiro atoms. The molecule has 0 bridgehead atoms. The number of fused-ring (bicyclic) bond motifs is 1. The third-order valence-corrected chi connectivity index (χ3v) is 4.70. The molecular weight excluding hydrogens is 364 g/mol. The lowest BCUT2D eigenvalue weighted by atomic mass is 9.85. The van der Waals surface area contributed by atoms with Crippen LogP contribution in [0.1, 0.15) is 19.8 Å². The number of esters is 1. The highest BCUT2D eigenvalue weighted by atomic mass is 16.5. The fraction of sp³-hybridized carbons (Fsp3) is 0.400. The van der Waals surface area contributed by atoms with Crippen molar-refractivity contribution in [3.05, 3.63) is 36.4 Å². The van der Waals surface area contributed by atoms with Gasteiger partial charge in [0.05, 0.1) is 18.4 Å². The Morgan fingerprint density at radius 3 is 2.25 bits per heavy atom. The number of hydrogen-bond donors (Lipinski definition) is 1. The molecule has 1 fully saturated rings. The van der Waals surface area contributed by atoms with Crippen molar-refractivity contribution in [3.63, 3.8) is 0 Å². The molecule has 1 aromatic rings. The van der Waals surface area contributed by atoms with Crippen LogP contribution in [0.15, 0.2) is 36.4 Å². The van der Waals surface area contributed by atoms with E-state index in [0.717, 1.165) is 4.90 Å². The summed E-state index contributed by atoms with van der Waals surface area (Å²) in [6.07, 6.45) is 4.76. The molecule has 1 saturated heterocycles. The van der Waals surface area contributed by atoms with Crippen LogP contribution in [-0.4, -0.2) is 48.3 Å². The first-order chi connectivity index (χ1) is 13.5. The maximum Gasteiger partial charge on any atom is 0.326 e. The Balaban J connectivity index is 1.45. The molecule has 28 heavy (non-hydrogen) atoms. The van der Waals surface area contributed by atoms with E-state index < -0.39 is 36.9 Å². The maximum absolute atomic E-state index is 12.3. The zero-order chi connectivity index (χ0) is 20.1. The van der Waals surface area contributed by atoms with Gasteiger partial charge in [0, 0.05) is 5.69 Å². The highest BCUT2D eigenvalue weighted by Gasteiger charge is 2.47. The first-order valence-corrected chi connectivity index (χ1v) is 9.18. The molecule has 8 heteroatoms. The number of nitrogens with zero attached hydrogens (tertiary/aromatic N) is 1. The van der Waals surface area contributed by atoms with E-state index in [-0.39, 0.29) is 11.8 Å². The molecule has 148 valence electrons. The van der Waals surface area contributed by atoms with Crippen LogP contribution in [0.3, 0.4) is 0 Å². The highest BCUT2D eigenvalue weighted by molar-refractivity contribution is 6.07. The smallest absolute Gasteiger partial charge is 0.326 e. The standard InChI is InChI=1S/C20H22N2O6/c1-2-27-14-9-7-13(8-10-14)21-17(23)12-28-18(24)11-22-19(25)15-5-3-4-6-16(15)20(22)26/h3-4,7-10,15-16H,2,5-6,11-12H2,1H3,(H,21,23)/t15-,16-/m1/s1. The number of carbonyl (C=O) groups excluding carboxylic acids is 4. The van der Waals surface area contributed by atoms with Crippen LogP contribution in [0.25, 0.3) is 0 Å². The van der Waals surface area contributed by atoms with Gasteiger partial charge in [0.1, 0.15) is 12.3 Å². The van der Waals surface area contributed by atoms with Crippen LogP contribution in [-0.2, 0) is 23.9 Å². The first kappa shape index (κ1) is 19.6. The number of anilines is 1. The summed E-state index contributed by atoms with van der Waals surface area (Å²) in [5, 5.41) is 2.59. The maximum atomic E-state index is 12.3. The Labute approximate surface area is 162 Å². The number of benzene rings is 1. The molecule has 0 radical (unpaired) electrons. The van der Waals surface area contributed by atoms with Gasteiger partial charge in [-0.1, -0.05) is 12.2 Å². The minimum absolute atomic E-state index is 0.352. The monoisotopic (exact) mass is 386 g/mol. The van der Waals surface area contributed by atoms with Crippen molar-refractivity contribution in [2.45, 2.75) is 19.8 Å². The van der Waals surface area contributed by atoms with E-state index in [1.54, 1.807) is 24.3 Å². The summed E-state index contributed by atoms with van der Waals surface area (Å²) in [6.45, 7) is 1.44. The molecule has 1 aromatic carbocycles. The van der Waals surface area contributed by atoms with Crippen LogP contribution in [0, 0.1) is 11.8 Å². The lowest BCUT2D eigenvalue weighted by molar-refractivity contribution is -0.154. The summed E-state index contributed by atoms with van der Waals surface area (Å²) in [4.78, 5) is 49.5. The molecule has 0 unspecified atom stereocenters. The van der Waals surface area contributed by atoms with Gasteiger partial charge in [-0.05, 0) is 44.0 Å². The average Bonchev–Trinajstić information content (AvgIpc) is 2.93. The third-order valence-electron chi connectivity index (χ3n) is 4.70. The normalized spacial score (nSPS) is 20.7. The van der Waals surface area contributed by atoms with E-state index in [9.17, 15) is 19.2 Å². The summed E-state index contributed by atoms with van der Waals surface area (Å²) in [5.41, 5.74) is 0.533. The van der Waals surface area contributed by atoms with E-state index in [4.69, 9.17) is 9.47 Å². The molecule has 3 amide bonds. The molecule has 1 N–H and O–H groups in total. The van der Waals surface area contributed by atoms with Gasteiger partial charge >= 0.3 is 5.97 Å². The number of likely N-dealkylation sites (tertiary alicyclic amines) is 1. The number of imide groups is 1. The van der Waals surface area contributed by atoms with Gasteiger partial charge in [-0.25, -0.2) is 0 Å². The molecule has 2 aliphatic rings. The second-order valence-corrected chi connectivity index (χ2v) is 6.58. The Hall–Kier alpha value is -3.16. The minimum atomic E-state index is -0.796. The predicted octanol–water partition coefficient (Wildman–Crippen LogP) is 1.52. The van der Waals surface area contributed by atoms with Crippen molar-refractivity contribution < 1.29 is 28.7 Å². The molecule has 0 saturated carbocycles. The first-order valence-electron chi connectivity index (χ1n) is 9.18. The van der Waals surface area contributed by atoms with Gasteiger partial charge in [-0.15, -0.1) is 0 Å². The fourth-order valence-electron chi connectivity index (χ4n) is 3.34. The molecule has 1 aliphatic carbocycles. The SMILES string of the molecule is CCOc1ccc(NC(=O)COC(=O)CN2C(=O)[C@@H]3CC=CC[C@H]3C2=O)cc1. The predicted molar refractivity (Wildman–Crippen MR) is 99.3 cm³/mol. The van der Waals surface area contributed by atoms with E-state index in [2.05, 4.69) is 5.32 Å². The van der Waals surface area contributed by atoms with Crippen molar-refractivity contribution in [2.24, 2.45) is 11.8 Å². The topological polar surface area (TPSA) is 102 Å². The average molecular weight is 386 g/mol. The summed E-state index contributed by atoms with van der Waals surface area (Å²) in [7, 11) is 0. The largest absolute Gasteiger partial charge is 0.494 e. The van der Waals surface area contributed by atoms with E-state index in [1.807, 2.05) is 19.1 Å². The van der Waals surface area contributed by atoms with Gasteiger partial charge in [0.25, 0.3) is 5.91 Å². The number of nitrogens with one attached hydrogen (secondary N) is 1. The van der Waals surface area contributed by atoms with Crippen molar-refractivity contribution in [2.75, 3.05) is 25.1 Å². The molecule has 8 nitrogen and oxygen atoms in total. The zero-order valence-corrected chi connectivity index (χ0v) is 15.6. The Morgan fingerprint density at radius 2 is 1.68 bits per heavy atom. The van der Waals surface area contributed by atoms with E-state index in [1.165, 1.54) is 0 Å². The Bertz CT molecular complexity index is 775. The van der Waals surface area contributed by atoms with E-state index >= 15 is 0 Å². The second kappa shape index (κ2) is 8.69. The Kier molecular flexibility index (Phi) is 6.08. The summed E-state index contributed by atoms with van der Waals surface area (Å²) < 4.78 is 10.2. The third kappa shape index (κ3) is 4.39. The number of rotatable bonds is 7. The van der Waals surface area contributed by atoms with Crippen LogP contribution in [0.4, 0.5) is 5.69 Å². The van der Waals surface area contributed by atoms with E-state index in [0.29, 0.717) is 30.9 Å². The Morgan fingerprint density at radius 1 is 1.07 bits per heavy atom. The number of ether oxygens (including phenoxy) is 2. The van der Waals surface area contributed by atoms with Crippen LogP contribution in [0.2, 0.25) is 0 Å². The molecule has 1 aliphatic heterocycles. The lowest BCUT2D eigenvalue weighted by Crippen LogP contribution is -2.37. The number of allylic oxidation sites excluding steroid dienone is 2. The molecule has 1 heterocycles. The van der Waals surface area contributed by atoms with Crippen LogP contribution in [0.5, 0.6) is 5.75 Å². The number of carbonyl (C=O) groups is 4. The molecule has 0 aromatic heterocycles. The van der Waals surface area contributed by atoms with Crippen molar-refractivity contribution >= 4 is 29.4 Å². The quantitative estimate of drug-likeness (QED) is 0.433. The van der Waals surface area contributed by atoms with Crippen molar-refractivity contribution in [1.29, 1.82) is 0 Å². The van der Waals surface area contributed by atoms with Gasteiger partial charge < -0.3 is 14.8 Å². The molecule has 3 rings (SSSR count). The second-order valence-electron chi connectivity index (χ2n) is 6.58. The van der Waals surface area contributed by atoms with Crippen molar-refractivity contribution in [3.8, 4) is 5.75 Å². The minimum Gasteiger partial charge on any atom is -0.494 e. The van der Waals surface area contributed by atoms with Gasteiger partial charge in [0.2, 0.25) is 11.8 Å². The zero-order valence-electron chi connectivity index (χ0n) is 15.6. The van der Waals surface area contributed by atoms with Crippen LogP contribution >= 0.6 is 0 Å². The summed E-state index contributed by atoms with van der Waals surface area (Å²) >= 11 is 0. The van der Waals surface area contributed by atoms with Gasteiger partial charge in [-0.2, -0.15) is 0 Å². The van der Waals surface area contributed by atoms with Crippen molar-refractivity contribution in [1.82, 2.24) is 4.90 Å².